The van der Waals surface area contributed by atoms with Gasteiger partial charge in [0.15, 0.2) is 5.78 Å². The van der Waals surface area contributed by atoms with Crippen LogP contribution in [0.5, 0.6) is 0 Å². The molecule has 0 aliphatic heterocycles. The number of aliphatic hydroxyl groups excluding tert-OH is 1. The van der Waals surface area contributed by atoms with Crippen LogP contribution in [0.1, 0.15) is 51.7 Å². The summed E-state index contributed by atoms with van der Waals surface area (Å²) in [5.74, 6) is -0.0625. The van der Waals surface area contributed by atoms with Crippen LogP contribution in [0, 0.1) is 6.07 Å². The van der Waals surface area contributed by atoms with Crippen molar-refractivity contribution in [2.75, 3.05) is 0 Å². The smallest absolute Gasteiger partial charge is 0.155 e. The van der Waals surface area contributed by atoms with Gasteiger partial charge in [-0.1, -0.05) is 61.4 Å². The largest absolute Gasteiger partial charge is 0.512 e. The van der Waals surface area contributed by atoms with Gasteiger partial charge >= 0.3 is 0 Å². The van der Waals surface area contributed by atoms with Crippen molar-refractivity contribution >= 4 is 5.78 Å². The second-order valence-electron chi connectivity index (χ2n) is 7.62. The predicted octanol–water partition coefficient (Wildman–Crippen LogP) is 6.67. The van der Waals surface area contributed by atoms with Gasteiger partial charge in [0.1, 0.15) is 0 Å². The number of fused-ring (bicyclic) bond motifs is 3. The van der Waals surface area contributed by atoms with Crippen LogP contribution in [0.3, 0.4) is 0 Å². The van der Waals surface area contributed by atoms with Gasteiger partial charge in [0.2, 0.25) is 0 Å². The maximum atomic E-state index is 10.0. The van der Waals surface area contributed by atoms with Gasteiger partial charge in [-0.2, -0.15) is 0 Å². The minimum Gasteiger partial charge on any atom is -0.512 e. The maximum absolute atomic E-state index is 10.0. The van der Waals surface area contributed by atoms with Crippen molar-refractivity contribution < 1.29 is 31.0 Å². The van der Waals surface area contributed by atoms with Gasteiger partial charge in [-0.05, 0) is 44.0 Å². The number of carbonyl (C=O) groups is 1. The molecule has 0 atom stereocenters. The summed E-state index contributed by atoms with van der Waals surface area (Å²) < 4.78 is 0. The Morgan fingerprint density at radius 2 is 1.71 bits per heavy atom. The normalized spacial score (nSPS) is 13.2. The van der Waals surface area contributed by atoms with E-state index in [9.17, 15) is 4.79 Å². The van der Waals surface area contributed by atoms with Crippen LogP contribution in [0.15, 0.2) is 72.6 Å². The molecule has 4 rings (SSSR count). The van der Waals surface area contributed by atoms with Gasteiger partial charge in [-0.3, -0.25) is 4.79 Å². The molecule has 0 radical (unpaired) electrons. The van der Waals surface area contributed by atoms with Crippen molar-refractivity contribution in [1.82, 2.24) is 4.98 Å². The van der Waals surface area contributed by atoms with Crippen LogP contribution in [0.4, 0.5) is 0 Å². The number of pyridine rings is 1. The van der Waals surface area contributed by atoms with E-state index < -0.39 is 0 Å². The molecule has 3 nitrogen and oxygen atoms in total. The third-order valence-electron chi connectivity index (χ3n) is 5.76. The van der Waals surface area contributed by atoms with Gasteiger partial charge in [-0.15, -0.1) is 29.3 Å². The van der Waals surface area contributed by atoms with Crippen molar-refractivity contribution in [3.8, 4) is 22.4 Å². The Morgan fingerprint density at radius 1 is 1.03 bits per heavy atom. The number of hydrogen-bond acceptors (Lipinski definition) is 3. The first-order valence-electron chi connectivity index (χ1n) is 10.4. The molecule has 0 saturated heterocycles. The molecule has 0 unspecified atom stereocenters. The summed E-state index contributed by atoms with van der Waals surface area (Å²) in [4.78, 5) is 14.5. The molecular formula is C27H28NO2Pt-. The van der Waals surface area contributed by atoms with Gasteiger partial charge in [0.25, 0.3) is 0 Å². The monoisotopic (exact) mass is 593 g/mol. The molecule has 4 heteroatoms. The second kappa shape index (κ2) is 10.7. The van der Waals surface area contributed by atoms with Crippen LogP contribution >= 0.6 is 0 Å². The molecule has 0 fully saturated rings. The van der Waals surface area contributed by atoms with Crippen LogP contribution in [0.25, 0.3) is 22.4 Å². The van der Waals surface area contributed by atoms with Crippen molar-refractivity contribution in [3.63, 3.8) is 0 Å². The summed E-state index contributed by atoms with van der Waals surface area (Å²) in [7, 11) is 0. The predicted molar refractivity (Wildman–Crippen MR) is 122 cm³/mol. The third kappa shape index (κ3) is 5.05. The zero-order valence-corrected chi connectivity index (χ0v) is 20.7. The summed E-state index contributed by atoms with van der Waals surface area (Å²) in [5.41, 5.74) is 7.80. The number of benzene rings is 2. The van der Waals surface area contributed by atoms with E-state index in [4.69, 9.17) is 5.11 Å². The Kier molecular flexibility index (Phi) is 8.53. The first-order valence-corrected chi connectivity index (χ1v) is 10.4. The topological polar surface area (TPSA) is 50.2 Å². The van der Waals surface area contributed by atoms with Crippen LogP contribution in [-0.4, -0.2) is 15.9 Å². The number of aromatic nitrogens is 1. The number of aliphatic hydroxyl groups is 1. The molecule has 1 heterocycles. The summed E-state index contributed by atoms with van der Waals surface area (Å²) >= 11 is 0. The van der Waals surface area contributed by atoms with E-state index in [1.807, 2.05) is 18.3 Å². The van der Waals surface area contributed by atoms with E-state index >= 15 is 0 Å². The maximum Gasteiger partial charge on any atom is 0.155 e. The van der Waals surface area contributed by atoms with Crippen molar-refractivity contribution in [2.45, 2.75) is 46.0 Å². The molecule has 3 aromatic rings. The minimum absolute atomic E-state index is 0. The standard InChI is InChI=1S/C22H20N.C5H8O2.Pt/c1-3-22(4-2)19-10-6-5-9-17(19)18-13-12-16(15-20(18)22)21-11-7-8-14-23-21;1-4(6)3-5(2)7;/h5-11,13-15H,3-4H2,1-2H3;3,6H,1-2H3;/q-1;;/b;4-3-;. The molecule has 1 aliphatic carbocycles. The van der Waals surface area contributed by atoms with Crippen LogP contribution < -0.4 is 0 Å². The summed E-state index contributed by atoms with van der Waals surface area (Å²) in [6.45, 7) is 7.44. The minimum atomic E-state index is -0.125. The van der Waals surface area contributed by atoms with E-state index in [0.29, 0.717) is 0 Å². The first kappa shape index (κ1) is 24.8. The molecule has 1 aromatic heterocycles. The van der Waals surface area contributed by atoms with Gasteiger partial charge in [0.05, 0.1) is 5.76 Å². The third-order valence-corrected chi connectivity index (χ3v) is 5.76. The fourth-order valence-electron chi connectivity index (χ4n) is 4.37. The summed E-state index contributed by atoms with van der Waals surface area (Å²) in [6, 6.07) is 22.8. The Balaban J connectivity index is 0.000000373. The Hall–Kier alpha value is -2.51. The number of carbonyl (C=O) groups excluding carboxylic acids is 1. The average Bonchev–Trinajstić information content (AvgIpc) is 3.03. The number of nitrogens with zero attached hydrogens (tertiary/aromatic N) is 1. The van der Waals surface area contributed by atoms with Gasteiger partial charge in [0, 0.05) is 38.8 Å². The van der Waals surface area contributed by atoms with E-state index in [0.717, 1.165) is 24.1 Å². The fourth-order valence-corrected chi connectivity index (χ4v) is 4.37. The molecule has 0 saturated carbocycles. The van der Waals surface area contributed by atoms with Crippen molar-refractivity contribution in [3.05, 3.63) is 89.8 Å². The molecule has 1 aliphatic rings. The molecule has 31 heavy (non-hydrogen) atoms. The molecular weight excluding hydrogens is 565 g/mol. The Morgan fingerprint density at radius 3 is 2.26 bits per heavy atom. The molecule has 0 spiro atoms. The molecule has 0 bridgehead atoms. The first-order chi connectivity index (χ1) is 14.4. The average molecular weight is 594 g/mol. The van der Waals surface area contributed by atoms with E-state index in [-0.39, 0.29) is 38.0 Å². The molecule has 0 amide bonds. The van der Waals surface area contributed by atoms with E-state index in [2.05, 4.69) is 67.4 Å². The zero-order chi connectivity index (χ0) is 21.7. The SMILES string of the molecule is CC(=O)/C=C(/C)O.CCC1(CC)c2ccccc2-c2c[c-]c(-c3ccccn3)cc21.[Pt]. The fraction of sp³-hybridized carbons (Fsp3) is 0.259. The van der Waals surface area contributed by atoms with E-state index in [1.54, 1.807) is 0 Å². The molecule has 164 valence electrons. The van der Waals surface area contributed by atoms with Crippen molar-refractivity contribution in [1.29, 1.82) is 0 Å². The van der Waals surface area contributed by atoms with E-state index in [1.165, 1.54) is 42.2 Å². The zero-order valence-electron chi connectivity index (χ0n) is 18.4. The second-order valence-corrected chi connectivity index (χ2v) is 7.62. The van der Waals surface area contributed by atoms with Crippen LogP contribution in [-0.2, 0) is 31.3 Å². The molecule has 2 aromatic carbocycles. The Bertz CT molecular complexity index is 1070. The number of hydrogen-bond donors (Lipinski definition) is 1. The number of ketones is 1. The van der Waals surface area contributed by atoms with Crippen molar-refractivity contribution in [2.24, 2.45) is 0 Å². The number of allylic oxidation sites excluding steroid dienone is 2. The van der Waals surface area contributed by atoms with Gasteiger partial charge < -0.3 is 10.1 Å². The summed E-state index contributed by atoms with van der Waals surface area (Å²) in [6.07, 6.45) is 5.23. The Labute approximate surface area is 199 Å². The quantitative estimate of drug-likeness (QED) is 0.209. The van der Waals surface area contributed by atoms with Crippen LogP contribution in [0.2, 0.25) is 0 Å². The molecule has 1 N–H and O–H groups in total. The summed E-state index contributed by atoms with van der Waals surface area (Å²) in [5, 5.41) is 8.36. The number of rotatable bonds is 4. The van der Waals surface area contributed by atoms with Gasteiger partial charge in [-0.25, -0.2) is 0 Å².